The molecule has 5 atom stereocenters. The summed E-state index contributed by atoms with van der Waals surface area (Å²) >= 11 is 1.50. The number of rotatable bonds is 6. The van der Waals surface area contributed by atoms with Crippen LogP contribution < -0.4 is 5.32 Å². The average Bonchev–Trinajstić information content (AvgIpc) is 3.16. The molecular formula is C19H27N3O5S. The van der Waals surface area contributed by atoms with E-state index in [1.54, 1.807) is 27.9 Å². The van der Waals surface area contributed by atoms with E-state index in [-0.39, 0.29) is 34.8 Å². The molecule has 0 aromatic carbocycles. The molecule has 3 heterocycles. The number of carboxylic acids is 1. The van der Waals surface area contributed by atoms with Crippen LogP contribution in [0.3, 0.4) is 0 Å². The molecule has 2 saturated heterocycles. The zero-order chi connectivity index (χ0) is 20.7. The van der Waals surface area contributed by atoms with Crippen LogP contribution in [-0.4, -0.2) is 81.9 Å². The average molecular weight is 410 g/mol. The number of hydrogen-bond acceptors (Lipinski definition) is 6. The van der Waals surface area contributed by atoms with Crippen molar-refractivity contribution >= 4 is 29.5 Å². The quantitative estimate of drug-likeness (QED) is 0.430. The van der Waals surface area contributed by atoms with Crippen molar-refractivity contribution in [2.75, 3.05) is 20.6 Å². The van der Waals surface area contributed by atoms with E-state index in [1.165, 1.54) is 21.6 Å². The molecule has 3 rings (SSSR count). The molecule has 0 aromatic heterocycles. The molecule has 154 valence electrons. The minimum Gasteiger partial charge on any atom is -0.477 e. The molecule has 3 N–H and O–H groups in total. The summed E-state index contributed by atoms with van der Waals surface area (Å²) in [5.74, 6) is -1.96. The maximum atomic E-state index is 12.3. The van der Waals surface area contributed by atoms with Gasteiger partial charge in [-0.2, -0.15) is 0 Å². The maximum absolute atomic E-state index is 12.3. The Morgan fingerprint density at radius 2 is 2.07 bits per heavy atom. The topological polar surface area (TPSA) is 110 Å². The lowest BCUT2D eigenvalue weighted by Crippen LogP contribution is -2.61. The smallest absolute Gasteiger partial charge is 0.353 e. The molecule has 0 bridgehead atoms. The molecule has 0 spiro atoms. The molecular weight excluding hydrogens is 382 g/mol. The fourth-order valence-corrected chi connectivity index (χ4v) is 5.66. The number of likely N-dealkylation sites (N-methyl/N-ethyl adjacent to an activating group) is 1. The van der Waals surface area contributed by atoms with Gasteiger partial charge in [-0.05, 0) is 20.3 Å². The van der Waals surface area contributed by atoms with Crippen LogP contribution in [0.2, 0.25) is 0 Å². The Bertz CT molecular complexity index is 761. The van der Waals surface area contributed by atoms with E-state index in [4.69, 9.17) is 0 Å². The van der Waals surface area contributed by atoms with Crippen molar-refractivity contribution < 1.29 is 24.6 Å². The third-order valence-corrected chi connectivity index (χ3v) is 6.86. The number of hydrogen-bond donors (Lipinski definition) is 3. The Morgan fingerprint density at radius 1 is 1.39 bits per heavy atom. The Balaban J connectivity index is 1.68. The summed E-state index contributed by atoms with van der Waals surface area (Å²) in [5, 5.41) is 23.0. The monoisotopic (exact) mass is 409 g/mol. The third kappa shape index (κ3) is 3.70. The van der Waals surface area contributed by atoms with Gasteiger partial charge in [0.1, 0.15) is 5.70 Å². The Labute approximate surface area is 168 Å². The number of carboxylic acid groups (broad SMARTS) is 1. The first-order chi connectivity index (χ1) is 13.1. The zero-order valence-electron chi connectivity index (χ0n) is 16.5. The van der Waals surface area contributed by atoms with Gasteiger partial charge in [0.05, 0.1) is 18.1 Å². The molecule has 3 aliphatic heterocycles. The minimum atomic E-state index is -1.10. The molecule has 2 fully saturated rings. The van der Waals surface area contributed by atoms with E-state index in [0.29, 0.717) is 23.4 Å². The highest BCUT2D eigenvalue weighted by atomic mass is 32.2. The molecule has 0 unspecified atom stereocenters. The van der Waals surface area contributed by atoms with Crippen LogP contribution in [0.4, 0.5) is 0 Å². The zero-order valence-corrected chi connectivity index (χ0v) is 17.3. The highest BCUT2D eigenvalue weighted by Gasteiger charge is 2.57. The van der Waals surface area contributed by atoms with E-state index >= 15 is 0 Å². The van der Waals surface area contributed by atoms with Crippen LogP contribution in [0.15, 0.2) is 22.3 Å². The SMILES string of the molecule is C/C(=C\[C@@H]1C[C@H](SC2=C(C(=O)O)N3C(=O)[C@H]([C@@H](C)O)[C@H]3C2)CN1)C(=O)N(C)C. The van der Waals surface area contributed by atoms with E-state index in [0.717, 1.165) is 6.42 Å². The van der Waals surface area contributed by atoms with Gasteiger partial charge < -0.3 is 25.3 Å². The Morgan fingerprint density at radius 3 is 2.64 bits per heavy atom. The first-order valence-electron chi connectivity index (χ1n) is 9.39. The highest BCUT2D eigenvalue weighted by Crippen LogP contribution is 2.48. The van der Waals surface area contributed by atoms with Crippen LogP contribution in [-0.2, 0) is 14.4 Å². The number of carbonyl (C=O) groups is 3. The molecule has 0 aromatic rings. The number of β-lactam (4-membered cyclic amide) rings is 1. The fourth-order valence-electron chi connectivity index (χ4n) is 4.21. The number of aliphatic carboxylic acids is 1. The molecule has 2 amide bonds. The van der Waals surface area contributed by atoms with E-state index in [1.807, 2.05) is 6.08 Å². The standard InChI is InChI=1S/C19H27N3O5S/c1-9(17(24)21(3)4)5-11-6-12(8-20-11)28-14-7-13-15(10(2)23)18(25)22(13)16(14)19(26)27/h5,10-13,15,20,23H,6-8H2,1-4H3,(H,26,27)/b9-5+/t10-,11-,12+,13-,15-/m1/s1. The van der Waals surface area contributed by atoms with E-state index in [9.17, 15) is 24.6 Å². The van der Waals surface area contributed by atoms with Gasteiger partial charge in [-0.3, -0.25) is 9.59 Å². The lowest BCUT2D eigenvalue weighted by atomic mass is 9.83. The number of thioether (sulfide) groups is 1. The number of nitrogens with zero attached hydrogens (tertiary/aromatic N) is 2. The van der Waals surface area contributed by atoms with Crippen molar-refractivity contribution in [1.29, 1.82) is 0 Å². The molecule has 3 aliphatic rings. The van der Waals surface area contributed by atoms with Gasteiger partial charge in [-0.25, -0.2) is 4.79 Å². The van der Waals surface area contributed by atoms with Crippen LogP contribution in [0, 0.1) is 5.92 Å². The van der Waals surface area contributed by atoms with E-state index < -0.39 is 18.0 Å². The summed E-state index contributed by atoms with van der Waals surface area (Å²) in [6, 6.07) is -0.202. The first kappa shape index (κ1) is 20.9. The highest BCUT2D eigenvalue weighted by molar-refractivity contribution is 8.03. The largest absolute Gasteiger partial charge is 0.477 e. The molecule has 28 heavy (non-hydrogen) atoms. The Hall–Kier alpha value is -1.84. The second-order valence-electron chi connectivity index (χ2n) is 7.86. The van der Waals surface area contributed by atoms with Gasteiger partial charge in [0.15, 0.2) is 0 Å². The second kappa shape index (κ2) is 7.88. The number of nitrogens with one attached hydrogen (secondary N) is 1. The molecule has 0 radical (unpaired) electrons. The van der Waals surface area contributed by atoms with Crippen LogP contribution >= 0.6 is 11.8 Å². The lowest BCUT2D eigenvalue weighted by Gasteiger charge is -2.44. The van der Waals surface area contributed by atoms with Gasteiger partial charge in [0.2, 0.25) is 11.8 Å². The van der Waals surface area contributed by atoms with Crippen molar-refractivity contribution in [3.8, 4) is 0 Å². The van der Waals surface area contributed by atoms with E-state index in [2.05, 4.69) is 5.32 Å². The molecule has 0 saturated carbocycles. The number of amides is 2. The van der Waals surface area contributed by atoms with Crippen molar-refractivity contribution in [2.24, 2.45) is 5.92 Å². The normalized spacial score (nSPS) is 31.0. The summed E-state index contributed by atoms with van der Waals surface area (Å²) in [4.78, 5) is 39.6. The number of aliphatic hydroxyl groups excluding tert-OH is 1. The van der Waals surface area contributed by atoms with Crippen LogP contribution in [0.5, 0.6) is 0 Å². The summed E-state index contributed by atoms with van der Waals surface area (Å²) in [7, 11) is 3.43. The molecule has 9 heteroatoms. The van der Waals surface area contributed by atoms with Crippen molar-refractivity contribution in [3.05, 3.63) is 22.3 Å². The summed E-state index contributed by atoms with van der Waals surface area (Å²) in [5.41, 5.74) is 0.740. The minimum absolute atomic E-state index is 0.0309. The maximum Gasteiger partial charge on any atom is 0.353 e. The van der Waals surface area contributed by atoms with Gasteiger partial charge >= 0.3 is 5.97 Å². The van der Waals surface area contributed by atoms with Gasteiger partial charge in [-0.15, -0.1) is 11.8 Å². The number of fused-ring (bicyclic) bond motifs is 1. The van der Waals surface area contributed by atoms with Gasteiger partial charge in [0, 0.05) is 48.8 Å². The van der Waals surface area contributed by atoms with Gasteiger partial charge in [-0.1, -0.05) is 6.08 Å². The molecule has 0 aliphatic carbocycles. The predicted molar refractivity (Wildman–Crippen MR) is 105 cm³/mol. The van der Waals surface area contributed by atoms with Crippen molar-refractivity contribution in [2.45, 2.75) is 50.1 Å². The van der Waals surface area contributed by atoms with Crippen molar-refractivity contribution in [3.63, 3.8) is 0 Å². The number of aliphatic hydroxyl groups is 1. The molecule has 8 nitrogen and oxygen atoms in total. The summed E-state index contributed by atoms with van der Waals surface area (Å²) in [6.45, 7) is 4.06. The first-order valence-corrected chi connectivity index (χ1v) is 10.3. The summed E-state index contributed by atoms with van der Waals surface area (Å²) < 4.78 is 0. The summed E-state index contributed by atoms with van der Waals surface area (Å²) in [6.07, 6.45) is 2.39. The van der Waals surface area contributed by atoms with Crippen LogP contribution in [0.1, 0.15) is 26.7 Å². The van der Waals surface area contributed by atoms with Crippen molar-refractivity contribution in [1.82, 2.24) is 15.1 Å². The third-order valence-electron chi connectivity index (χ3n) is 5.52. The van der Waals surface area contributed by atoms with Crippen LogP contribution in [0.25, 0.3) is 0 Å². The lowest BCUT2D eigenvalue weighted by molar-refractivity contribution is -0.161. The number of carbonyl (C=O) groups excluding carboxylic acids is 2. The second-order valence-corrected chi connectivity index (χ2v) is 9.26. The predicted octanol–water partition coefficient (Wildman–Crippen LogP) is 0.392. The fraction of sp³-hybridized carbons (Fsp3) is 0.632. The Kier molecular flexibility index (Phi) is 5.88. The van der Waals surface area contributed by atoms with Gasteiger partial charge in [0.25, 0.3) is 0 Å².